The Morgan fingerprint density at radius 3 is 2.84 bits per heavy atom. The quantitative estimate of drug-likeness (QED) is 0.719. The first kappa shape index (κ1) is 14.4. The second-order valence-electron chi connectivity index (χ2n) is 4.53. The van der Waals surface area contributed by atoms with Crippen molar-refractivity contribution >= 4 is 17.5 Å². The van der Waals surface area contributed by atoms with Gasteiger partial charge in [-0.15, -0.1) is 0 Å². The maximum absolute atomic E-state index is 12.0. The van der Waals surface area contributed by atoms with Crippen molar-refractivity contribution < 1.29 is 14.3 Å². The largest absolute Gasteiger partial charge is 0.494 e. The molecule has 1 fully saturated rings. The Bertz CT molecular complexity index is 396. The van der Waals surface area contributed by atoms with E-state index in [0.29, 0.717) is 18.5 Å². The zero-order valence-electron chi connectivity index (χ0n) is 11.3. The first-order valence-corrected chi connectivity index (χ1v) is 7.90. The summed E-state index contributed by atoms with van der Waals surface area (Å²) >= 11 is 1.66. The molecule has 0 spiro atoms. The molecule has 1 aliphatic heterocycles. The minimum Gasteiger partial charge on any atom is -0.494 e. The zero-order valence-corrected chi connectivity index (χ0v) is 12.1. The Morgan fingerprint density at radius 2 is 2.21 bits per heavy atom. The molecule has 3 nitrogen and oxygen atoms in total. The summed E-state index contributed by atoms with van der Waals surface area (Å²) in [5.74, 6) is 2.42. The third kappa shape index (κ3) is 4.55. The van der Waals surface area contributed by atoms with Crippen LogP contribution in [0.5, 0.6) is 5.75 Å². The number of benzene rings is 1. The smallest absolute Gasteiger partial charge is 0.172 e. The van der Waals surface area contributed by atoms with Crippen LogP contribution in [0.15, 0.2) is 24.3 Å². The van der Waals surface area contributed by atoms with Crippen LogP contribution in [-0.4, -0.2) is 36.6 Å². The van der Waals surface area contributed by atoms with Crippen LogP contribution in [0.1, 0.15) is 30.1 Å². The van der Waals surface area contributed by atoms with Crippen molar-refractivity contribution in [3.8, 4) is 5.75 Å². The summed E-state index contributed by atoms with van der Waals surface area (Å²) in [5.41, 5.74) is 0.753. The Kier molecular flexibility index (Phi) is 5.73. The van der Waals surface area contributed by atoms with Crippen LogP contribution in [0.4, 0.5) is 0 Å². The number of ketones is 1. The maximum atomic E-state index is 12.0. The molecular weight excluding hydrogens is 260 g/mol. The predicted molar refractivity (Wildman–Crippen MR) is 78.2 cm³/mol. The average Bonchev–Trinajstić information content (AvgIpc) is 2.93. The van der Waals surface area contributed by atoms with Gasteiger partial charge in [-0.05, 0) is 44.0 Å². The summed E-state index contributed by atoms with van der Waals surface area (Å²) in [4.78, 5) is 12.0. The highest BCUT2D eigenvalue weighted by atomic mass is 32.2. The van der Waals surface area contributed by atoms with E-state index < -0.39 is 0 Å². The average molecular weight is 280 g/mol. The van der Waals surface area contributed by atoms with Gasteiger partial charge in [-0.25, -0.2) is 0 Å². The van der Waals surface area contributed by atoms with E-state index >= 15 is 0 Å². The molecule has 1 atom stereocenters. The van der Waals surface area contributed by atoms with Crippen LogP contribution >= 0.6 is 11.8 Å². The second kappa shape index (κ2) is 7.56. The van der Waals surface area contributed by atoms with Crippen LogP contribution in [0.2, 0.25) is 0 Å². The van der Waals surface area contributed by atoms with Crippen molar-refractivity contribution in [1.82, 2.24) is 0 Å². The molecule has 0 bridgehead atoms. The number of thioether (sulfide) groups is 1. The van der Waals surface area contributed by atoms with Crippen LogP contribution < -0.4 is 4.74 Å². The molecule has 1 aromatic rings. The van der Waals surface area contributed by atoms with E-state index in [1.807, 2.05) is 31.2 Å². The van der Waals surface area contributed by atoms with Crippen LogP contribution in [0.25, 0.3) is 0 Å². The van der Waals surface area contributed by atoms with Crippen molar-refractivity contribution in [2.45, 2.75) is 25.9 Å². The molecule has 0 N–H and O–H groups in total. The SMILES string of the molecule is CCOc1ccc(C(=O)CSCC2CCCO2)cc1. The molecule has 2 rings (SSSR count). The topological polar surface area (TPSA) is 35.5 Å². The molecule has 1 saturated heterocycles. The van der Waals surface area contributed by atoms with Crippen molar-refractivity contribution in [2.24, 2.45) is 0 Å². The van der Waals surface area contributed by atoms with Gasteiger partial charge in [0.2, 0.25) is 0 Å². The molecule has 1 aromatic carbocycles. The molecular formula is C15H20O3S. The molecule has 0 aliphatic carbocycles. The summed E-state index contributed by atoms with van der Waals surface area (Å²) in [5, 5.41) is 0. The standard InChI is InChI=1S/C15H20O3S/c1-2-17-13-7-5-12(6-8-13)15(16)11-19-10-14-4-3-9-18-14/h5-8,14H,2-4,9-11H2,1H3. The van der Waals surface area contributed by atoms with Crippen molar-refractivity contribution in [3.63, 3.8) is 0 Å². The second-order valence-corrected chi connectivity index (χ2v) is 5.56. The lowest BCUT2D eigenvalue weighted by atomic mass is 10.1. The van der Waals surface area contributed by atoms with Crippen LogP contribution in [0, 0.1) is 0 Å². The first-order valence-electron chi connectivity index (χ1n) is 6.75. The van der Waals surface area contributed by atoms with Gasteiger partial charge in [0.25, 0.3) is 0 Å². The Morgan fingerprint density at radius 1 is 1.42 bits per heavy atom. The number of carbonyl (C=O) groups is 1. The maximum Gasteiger partial charge on any atom is 0.172 e. The first-order chi connectivity index (χ1) is 9.29. The summed E-state index contributed by atoms with van der Waals surface area (Å²) in [7, 11) is 0. The van der Waals surface area contributed by atoms with Gasteiger partial charge in [0, 0.05) is 17.9 Å². The fourth-order valence-electron chi connectivity index (χ4n) is 2.05. The molecule has 1 unspecified atom stereocenters. The van der Waals surface area contributed by atoms with Gasteiger partial charge in [0.15, 0.2) is 5.78 Å². The van der Waals surface area contributed by atoms with Crippen molar-refractivity contribution in [2.75, 3.05) is 24.7 Å². The Balaban J connectivity index is 1.75. The molecule has 19 heavy (non-hydrogen) atoms. The van der Waals surface area contributed by atoms with E-state index in [0.717, 1.165) is 36.5 Å². The number of hydrogen-bond acceptors (Lipinski definition) is 4. The lowest BCUT2D eigenvalue weighted by Gasteiger charge is -2.08. The van der Waals surface area contributed by atoms with E-state index in [4.69, 9.17) is 9.47 Å². The third-order valence-corrected chi connectivity index (χ3v) is 4.12. The highest BCUT2D eigenvalue weighted by Crippen LogP contribution is 2.19. The monoisotopic (exact) mass is 280 g/mol. The normalized spacial score (nSPS) is 18.5. The van der Waals surface area contributed by atoms with E-state index in [2.05, 4.69) is 0 Å². The third-order valence-electron chi connectivity index (χ3n) is 3.05. The molecule has 0 saturated carbocycles. The fraction of sp³-hybridized carbons (Fsp3) is 0.533. The zero-order chi connectivity index (χ0) is 13.5. The summed E-state index contributed by atoms with van der Waals surface area (Å²) in [6.45, 7) is 3.46. The van der Waals surface area contributed by atoms with Gasteiger partial charge in [-0.3, -0.25) is 4.79 Å². The van der Waals surface area contributed by atoms with Gasteiger partial charge in [-0.2, -0.15) is 11.8 Å². The Labute approximate surface area is 118 Å². The molecule has 0 amide bonds. The molecule has 0 radical (unpaired) electrons. The van der Waals surface area contributed by atoms with Crippen LogP contribution in [-0.2, 0) is 4.74 Å². The van der Waals surface area contributed by atoms with E-state index in [1.165, 1.54) is 0 Å². The fourth-order valence-corrected chi connectivity index (χ4v) is 3.04. The van der Waals surface area contributed by atoms with Gasteiger partial charge in [-0.1, -0.05) is 0 Å². The van der Waals surface area contributed by atoms with E-state index in [1.54, 1.807) is 11.8 Å². The lowest BCUT2D eigenvalue weighted by molar-refractivity contribution is 0.102. The van der Waals surface area contributed by atoms with Crippen molar-refractivity contribution in [1.29, 1.82) is 0 Å². The molecule has 104 valence electrons. The highest BCUT2D eigenvalue weighted by Gasteiger charge is 2.16. The molecule has 0 aromatic heterocycles. The van der Waals surface area contributed by atoms with Crippen LogP contribution in [0.3, 0.4) is 0 Å². The molecule has 1 heterocycles. The van der Waals surface area contributed by atoms with Gasteiger partial charge in [0.05, 0.1) is 18.5 Å². The minimum atomic E-state index is 0.172. The molecule has 1 aliphatic rings. The Hall–Kier alpha value is -1.00. The summed E-state index contributed by atoms with van der Waals surface area (Å²) in [6, 6.07) is 7.36. The van der Waals surface area contributed by atoms with Gasteiger partial charge in [0.1, 0.15) is 5.75 Å². The number of Topliss-reactive ketones (excluding diaryl/α,β-unsaturated/α-hetero) is 1. The van der Waals surface area contributed by atoms with E-state index in [-0.39, 0.29) is 5.78 Å². The van der Waals surface area contributed by atoms with E-state index in [9.17, 15) is 4.79 Å². The van der Waals surface area contributed by atoms with Gasteiger partial charge < -0.3 is 9.47 Å². The number of carbonyl (C=O) groups excluding carboxylic acids is 1. The lowest BCUT2D eigenvalue weighted by Crippen LogP contribution is -2.11. The number of rotatable bonds is 7. The summed E-state index contributed by atoms with van der Waals surface area (Å²) in [6.07, 6.45) is 2.63. The highest BCUT2D eigenvalue weighted by molar-refractivity contribution is 8.00. The predicted octanol–water partition coefficient (Wildman–Crippen LogP) is 3.18. The molecule has 4 heteroatoms. The van der Waals surface area contributed by atoms with Crippen molar-refractivity contribution in [3.05, 3.63) is 29.8 Å². The van der Waals surface area contributed by atoms with Gasteiger partial charge >= 0.3 is 0 Å². The minimum absolute atomic E-state index is 0.172. The number of ether oxygens (including phenoxy) is 2. The number of hydrogen-bond donors (Lipinski definition) is 0. The summed E-state index contributed by atoms with van der Waals surface area (Å²) < 4.78 is 10.9.